The summed E-state index contributed by atoms with van der Waals surface area (Å²) >= 11 is 1.54. The Balaban J connectivity index is 2.04. The van der Waals surface area contributed by atoms with E-state index < -0.39 is 12.0 Å². The van der Waals surface area contributed by atoms with Crippen LogP contribution in [0.25, 0.3) is 0 Å². The molecule has 0 aromatic carbocycles. The second-order valence-corrected chi connectivity index (χ2v) is 6.74. The Labute approximate surface area is 123 Å². The van der Waals surface area contributed by atoms with Crippen molar-refractivity contribution in [1.82, 2.24) is 10.2 Å². The first kappa shape index (κ1) is 15.4. The number of ether oxygens (including phenoxy) is 1. The fraction of sp³-hybridized carbons (Fsp3) is 0.846. The molecule has 0 bridgehead atoms. The van der Waals surface area contributed by atoms with E-state index in [4.69, 9.17) is 4.74 Å². The van der Waals surface area contributed by atoms with Gasteiger partial charge in [0.25, 0.3) is 0 Å². The van der Waals surface area contributed by atoms with Gasteiger partial charge in [0.05, 0.1) is 18.0 Å². The van der Waals surface area contributed by atoms with E-state index in [2.05, 4.69) is 5.32 Å². The molecule has 3 unspecified atom stereocenters. The Hall–Kier alpha value is -0.950. The molecule has 3 atom stereocenters. The van der Waals surface area contributed by atoms with Crippen LogP contribution in [-0.4, -0.2) is 58.4 Å². The first-order valence-electron chi connectivity index (χ1n) is 7.01. The molecule has 0 aliphatic carbocycles. The van der Waals surface area contributed by atoms with Crippen LogP contribution in [0.1, 0.15) is 26.7 Å². The van der Waals surface area contributed by atoms with Crippen molar-refractivity contribution in [1.29, 1.82) is 0 Å². The quantitative estimate of drug-likeness (QED) is 0.823. The molecule has 7 heteroatoms. The largest absolute Gasteiger partial charge is 0.480 e. The van der Waals surface area contributed by atoms with Gasteiger partial charge in [-0.15, -0.1) is 11.8 Å². The minimum Gasteiger partial charge on any atom is -0.480 e. The summed E-state index contributed by atoms with van der Waals surface area (Å²) in [5.41, 5.74) is 0. The number of carbonyl (C=O) groups excluding carboxylic acids is 1. The van der Waals surface area contributed by atoms with E-state index in [0.29, 0.717) is 12.4 Å². The maximum absolute atomic E-state index is 12.4. The second kappa shape index (κ2) is 6.67. The third-order valence-corrected chi connectivity index (χ3v) is 5.23. The summed E-state index contributed by atoms with van der Waals surface area (Å²) in [7, 11) is 0. The number of thioether (sulfide) groups is 1. The van der Waals surface area contributed by atoms with Crippen molar-refractivity contribution in [3.8, 4) is 0 Å². The SMILES string of the molecule is CC(C)C1SCC(C(=O)O)N1C(=O)NC1CCCOC1. The lowest BCUT2D eigenvalue weighted by atomic mass is 10.1. The van der Waals surface area contributed by atoms with Crippen LogP contribution in [0.15, 0.2) is 0 Å². The average Bonchev–Trinajstić information content (AvgIpc) is 2.84. The summed E-state index contributed by atoms with van der Waals surface area (Å²) < 4.78 is 5.34. The number of carboxylic acid groups (broad SMARTS) is 1. The highest BCUT2D eigenvalue weighted by Gasteiger charge is 2.43. The van der Waals surface area contributed by atoms with Crippen LogP contribution in [0.4, 0.5) is 4.79 Å². The number of aliphatic carboxylic acids is 1. The molecule has 2 N–H and O–H groups in total. The summed E-state index contributed by atoms with van der Waals surface area (Å²) in [6.07, 6.45) is 1.81. The lowest BCUT2D eigenvalue weighted by Crippen LogP contribution is -2.54. The van der Waals surface area contributed by atoms with Gasteiger partial charge in [-0.2, -0.15) is 0 Å². The van der Waals surface area contributed by atoms with Crippen LogP contribution in [0, 0.1) is 5.92 Å². The van der Waals surface area contributed by atoms with E-state index in [1.165, 1.54) is 16.7 Å². The van der Waals surface area contributed by atoms with Gasteiger partial charge in [0.2, 0.25) is 0 Å². The average molecular weight is 302 g/mol. The number of carboxylic acids is 1. The van der Waals surface area contributed by atoms with Gasteiger partial charge in [0.1, 0.15) is 6.04 Å². The molecule has 114 valence electrons. The fourth-order valence-corrected chi connectivity index (χ4v) is 4.06. The normalized spacial score (nSPS) is 30.6. The number of nitrogens with zero attached hydrogens (tertiary/aromatic N) is 1. The van der Waals surface area contributed by atoms with Gasteiger partial charge in [0, 0.05) is 12.4 Å². The molecule has 0 aromatic rings. The standard InChI is InChI=1S/C13H22N2O4S/c1-8(2)11-15(10(7-20-11)12(16)17)13(18)14-9-4-3-5-19-6-9/h8-11H,3-7H2,1-2H3,(H,14,18)(H,16,17). The summed E-state index contributed by atoms with van der Waals surface area (Å²) in [6.45, 7) is 5.26. The maximum Gasteiger partial charge on any atom is 0.327 e. The Morgan fingerprint density at radius 1 is 1.45 bits per heavy atom. The molecule has 2 saturated heterocycles. The van der Waals surface area contributed by atoms with Crippen LogP contribution in [0.3, 0.4) is 0 Å². The molecule has 2 amide bonds. The summed E-state index contributed by atoms with van der Waals surface area (Å²) in [4.78, 5) is 25.2. The summed E-state index contributed by atoms with van der Waals surface area (Å²) in [6, 6.07) is -1.03. The lowest BCUT2D eigenvalue weighted by molar-refractivity contribution is -0.141. The summed E-state index contributed by atoms with van der Waals surface area (Å²) in [5.74, 6) is -0.263. The third-order valence-electron chi connectivity index (χ3n) is 3.61. The highest BCUT2D eigenvalue weighted by atomic mass is 32.2. The van der Waals surface area contributed by atoms with Crippen molar-refractivity contribution in [3.63, 3.8) is 0 Å². The van der Waals surface area contributed by atoms with Crippen LogP contribution in [0.2, 0.25) is 0 Å². The van der Waals surface area contributed by atoms with Crippen LogP contribution < -0.4 is 5.32 Å². The second-order valence-electron chi connectivity index (χ2n) is 5.59. The zero-order valence-electron chi connectivity index (χ0n) is 11.9. The minimum absolute atomic E-state index is 0.0101. The number of rotatable bonds is 3. The van der Waals surface area contributed by atoms with Gasteiger partial charge in [-0.25, -0.2) is 9.59 Å². The van der Waals surface area contributed by atoms with Crippen molar-refractivity contribution in [2.75, 3.05) is 19.0 Å². The number of carbonyl (C=O) groups is 2. The van der Waals surface area contributed by atoms with Crippen LogP contribution >= 0.6 is 11.8 Å². The molecular weight excluding hydrogens is 280 g/mol. The molecule has 0 aromatic heterocycles. The molecule has 6 nitrogen and oxygen atoms in total. The van der Waals surface area contributed by atoms with Crippen molar-refractivity contribution in [2.45, 2.75) is 44.1 Å². The highest BCUT2D eigenvalue weighted by Crippen LogP contribution is 2.34. The monoisotopic (exact) mass is 302 g/mol. The predicted octanol–water partition coefficient (Wildman–Crippen LogP) is 1.36. The predicted molar refractivity (Wildman–Crippen MR) is 76.7 cm³/mol. The molecule has 2 aliphatic rings. The minimum atomic E-state index is -0.935. The lowest BCUT2D eigenvalue weighted by Gasteiger charge is -2.32. The van der Waals surface area contributed by atoms with Crippen molar-refractivity contribution >= 4 is 23.8 Å². The van der Waals surface area contributed by atoms with Crippen LogP contribution in [-0.2, 0) is 9.53 Å². The molecule has 2 aliphatic heterocycles. The Kier molecular flexibility index (Phi) is 5.15. The number of amides is 2. The third kappa shape index (κ3) is 3.38. The maximum atomic E-state index is 12.4. The molecule has 2 fully saturated rings. The molecular formula is C13H22N2O4S. The van der Waals surface area contributed by atoms with E-state index in [9.17, 15) is 14.7 Å². The smallest absolute Gasteiger partial charge is 0.327 e. The molecule has 20 heavy (non-hydrogen) atoms. The number of hydrogen-bond acceptors (Lipinski definition) is 4. The van der Waals surface area contributed by atoms with Gasteiger partial charge in [-0.3, -0.25) is 4.90 Å². The summed E-state index contributed by atoms with van der Waals surface area (Å²) in [5, 5.41) is 12.1. The fourth-order valence-electron chi connectivity index (χ4n) is 2.59. The van der Waals surface area contributed by atoms with Crippen molar-refractivity contribution in [3.05, 3.63) is 0 Å². The molecule has 0 radical (unpaired) electrons. The van der Waals surface area contributed by atoms with Crippen molar-refractivity contribution < 1.29 is 19.4 Å². The molecule has 0 spiro atoms. The number of nitrogens with one attached hydrogen (secondary N) is 1. The van der Waals surface area contributed by atoms with Crippen molar-refractivity contribution in [2.24, 2.45) is 5.92 Å². The van der Waals surface area contributed by atoms with E-state index in [1.54, 1.807) is 0 Å². The Morgan fingerprint density at radius 3 is 2.75 bits per heavy atom. The first-order chi connectivity index (χ1) is 9.50. The van der Waals surface area contributed by atoms with Gasteiger partial charge in [0.15, 0.2) is 0 Å². The van der Waals surface area contributed by atoms with E-state index in [0.717, 1.165) is 19.4 Å². The first-order valence-corrected chi connectivity index (χ1v) is 8.06. The Bertz CT molecular complexity index is 371. The van der Waals surface area contributed by atoms with Gasteiger partial charge in [-0.1, -0.05) is 13.8 Å². The van der Waals surface area contributed by atoms with Gasteiger partial charge < -0.3 is 15.2 Å². The van der Waals surface area contributed by atoms with E-state index >= 15 is 0 Å². The molecule has 0 saturated carbocycles. The number of urea groups is 1. The zero-order chi connectivity index (χ0) is 14.7. The van der Waals surface area contributed by atoms with E-state index in [-0.39, 0.29) is 23.4 Å². The molecule has 2 heterocycles. The topological polar surface area (TPSA) is 78.9 Å². The number of hydrogen-bond donors (Lipinski definition) is 2. The van der Waals surface area contributed by atoms with Gasteiger partial charge in [-0.05, 0) is 18.8 Å². The molecule has 2 rings (SSSR count). The highest BCUT2D eigenvalue weighted by molar-refractivity contribution is 8.00. The zero-order valence-corrected chi connectivity index (χ0v) is 12.7. The van der Waals surface area contributed by atoms with Gasteiger partial charge >= 0.3 is 12.0 Å². The van der Waals surface area contributed by atoms with Crippen LogP contribution in [0.5, 0.6) is 0 Å². The van der Waals surface area contributed by atoms with E-state index in [1.807, 2.05) is 13.8 Å². The Morgan fingerprint density at radius 2 is 2.20 bits per heavy atom.